The number of aliphatic hydroxyl groups is 1. The Morgan fingerprint density at radius 3 is 2.34 bits per heavy atom. The second-order valence-electron chi connectivity index (χ2n) is 7.44. The second-order valence-corrected chi connectivity index (χ2v) is 7.44. The quantitative estimate of drug-likeness (QED) is 0.369. The Labute approximate surface area is 184 Å². The molecule has 2 heterocycles. The molecular formula is C24H22N2O6. The van der Waals surface area contributed by atoms with E-state index < -0.39 is 17.7 Å². The molecule has 4 rings (SSSR count). The summed E-state index contributed by atoms with van der Waals surface area (Å²) in [7, 11) is 2.99. The highest BCUT2D eigenvalue weighted by Gasteiger charge is 2.49. The molecule has 0 bridgehead atoms. The number of aliphatic hydroxyl groups excluding tert-OH is 1. The zero-order chi connectivity index (χ0) is 23.0. The van der Waals surface area contributed by atoms with Gasteiger partial charge in [0, 0.05) is 17.2 Å². The van der Waals surface area contributed by atoms with Crippen LogP contribution in [-0.2, 0) is 9.59 Å². The first-order chi connectivity index (χ1) is 15.3. The van der Waals surface area contributed by atoms with Crippen LogP contribution in [0, 0.1) is 13.8 Å². The number of benzene rings is 2. The van der Waals surface area contributed by atoms with Gasteiger partial charge in [0.15, 0.2) is 5.82 Å². The van der Waals surface area contributed by atoms with Crippen LogP contribution in [0.25, 0.3) is 5.76 Å². The van der Waals surface area contributed by atoms with Crippen molar-refractivity contribution in [3.8, 4) is 11.5 Å². The summed E-state index contributed by atoms with van der Waals surface area (Å²) in [4.78, 5) is 27.5. The molecule has 1 atom stereocenters. The number of ether oxygens (including phenoxy) is 2. The number of hydrogen-bond donors (Lipinski definition) is 1. The van der Waals surface area contributed by atoms with Gasteiger partial charge in [-0.3, -0.25) is 14.5 Å². The van der Waals surface area contributed by atoms with Gasteiger partial charge in [0.25, 0.3) is 5.78 Å². The van der Waals surface area contributed by atoms with E-state index in [-0.39, 0.29) is 17.2 Å². The van der Waals surface area contributed by atoms with Crippen LogP contribution in [0.3, 0.4) is 0 Å². The van der Waals surface area contributed by atoms with Crippen molar-refractivity contribution >= 4 is 23.3 Å². The van der Waals surface area contributed by atoms with Crippen molar-refractivity contribution in [2.45, 2.75) is 19.9 Å². The summed E-state index contributed by atoms with van der Waals surface area (Å²) < 4.78 is 16.0. The smallest absolute Gasteiger partial charge is 0.301 e. The van der Waals surface area contributed by atoms with Crippen molar-refractivity contribution in [1.82, 2.24) is 5.16 Å². The first kappa shape index (κ1) is 21.2. The second kappa shape index (κ2) is 8.22. The van der Waals surface area contributed by atoms with Crippen LogP contribution in [-0.4, -0.2) is 36.2 Å². The summed E-state index contributed by atoms with van der Waals surface area (Å²) in [5.41, 5.74) is 1.79. The summed E-state index contributed by atoms with van der Waals surface area (Å²) in [6.45, 7) is 3.59. The van der Waals surface area contributed by atoms with Crippen LogP contribution in [0.1, 0.15) is 28.5 Å². The summed E-state index contributed by atoms with van der Waals surface area (Å²) >= 11 is 0. The van der Waals surface area contributed by atoms with Gasteiger partial charge in [-0.1, -0.05) is 35.0 Å². The number of nitrogens with zero attached hydrogens (tertiary/aromatic N) is 2. The molecule has 0 aliphatic carbocycles. The number of hydrogen-bond acceptors (Lipinski definition) is 7. The van der Waals surface area contributed by atoms with E-state index in [1.807, 2.05) is 19.1 Å². The molecule has 1 fully saturated rings. The van der Waals surface area contributed by atoms with Crippen molar-refractivity contribution in [3.05, 3.63) is 76.6 Å². The highest BCUT2D eigenvalue weighted by molar-refractivity contribution is 6.51. The number of carbonyl (C=O) groups excluding carboxylic acids is 2. The van der Waals surface area contributed by atoms with E-state index in [2.05, 4.69) is 5.16 Å². The molecule has 1 N–H and O–H groups in total. The van der Waals surface area contributed by atoms with Gasteiger partial charge >= 0.3 is 5.91 Å². The molecule has 0 radical (unpaired) electrons. The number of aromatic nitrogens is 1. The molecule has 164 valence electrons. The van der Waals surface area contributed by atoms with Gasteiger partial charge < -0.3 is 19.1 Å². The number of rotatable bonds is 5. The molecule has 3 aromatic rings. The zero-order valence-corrected chi connectivity index (χ0v) is 18.1. The van der Waals surface area contributed by atoms with Crippen LogP contribution in [0.5, 0.6) is 11.5 Å². The van der Waals surface area contributed by atoms with Gasteiger partial charge in [-0.05, 0) is 32.0 Å². The Kier molecular flexibility index (Phi) is 5.44. The van der Waals surface area contributed by atoms with Crippen LogP contribution in [0.15, 0.2) is 58.6 Å². The fourth-order valence-electron chi connectivity index (χ4n) is 3.75. The lowest BCUT2D eigenvalue weighted by Gasteiger charge is -2.24. The first-order valence-electron chi connectivity index (χ1n) is 9.89. The third-order valence-corrected chi connectivity index (χ3v) is 5.36. The Morgan fingerprint density at radius 1 is 1.03 bits per heavy atom. The lowest BCUT2D eigenvalue weighted by molar-refractivity contribution is -0.132. The van der Waals surface area contributed by atoms with Crippen LogP contribution >= 0.6 is 0 Å². The Morgan fingerprint density at radius 2 is 1.75 bits per heavy atom. The summed E-state index contributed by atoms with van der Waals surface area (Å²) in [6, 6.07) is 12.6. The maximum absolute atomic E-state index is 13.2. The van der Waals surface area contributed by atoms with Crippen molar-refractivity contribution in [1.29, 1.82) is 0 Å². The lowest BCUT2D eigenvalue weighted by Crippen LogP contribution is -2.30. The maximum Gasteiger partial charge on any atom is 0.301 e. The molecule has 8 nitrogen and oxygen atoms in total. The number of Topliss-reactive ketones (excluding diaryl/α,β-unsaturated/α-hetero) is 1. The average molecular weight is 434 g/mol. The van der Waals surface area contributed by atoms with E-state index in [0.29, 0.717) is 28.4 Å². The lowest BCUT2D eigenvalue weighted by atomic mass is 9.94. The molecule has 2 aromatic carbocycles. The summed E-state index contributed by atoms with van der Waals surface area (Å²) in [6.07, 6.45) is 0. The summed E-state index contributed by atoms with van der Waals surface area (Å²) in [5, 5.41) is 15.1. The Bertz CT molecular complexity index is 1230. The van der Waals surface area contributed by atoms with Crippen molar-refractivity contribution in [2.75, 3.05) is 19.1 Å². The van der Waals surface area contributed by atoms with Gasteiger partial charge in [-0.25, -0.2) is 0 Å². The first-order valence-corrected chi connectivity index (χ1v) is 9.89. The number of methoxy groups -OCH3 is 2. The molecule has 1 aromatic heterocycles. The standard InChI is InChI=1S/C24H22N2O6/c1-13-5-7-15(8-6-13)22(27)20-21(17-12-16(30-3)9-10-18(17)31-4)26(24(29)23(20)28)19-11-14(2)32-25-19/h5-12,21,27H,1-4H3/b22-20+/t21-/m0/s1. The molecule has 0 unspecified atom stereocenters. The fraction of sp³-hybridized carbons (Fsp3) is 0.208. The topological polar surface area (TPSA) is 102 Å². The van der Waals surface area contributed by atoms with Crippen molar-refractivity contribution in [3.63, 3.8) is 0 Å². The van der Waals surface area contributed by atoms with E-state index in [9.17, 15) is 14.7 Å². The van der Waals surface area contributed by atoms with Crippen molar-refractivity contribution in [2.24, 2.45) is 0 Å². The predicted molar refractivity (Wildman–Crippen MR) is 117 cm³/mol. The molecular weight excluding hydrogens is 412 g/mol. The molecule has 1 amide bonds. The van der Waals surface area contributed by atoms with E-state index in [1.54, 1.807) is 43.3 Å². The van der Waals surface area contributed by atoms with E-state index in [1.165, 1.54) is 19.1 Å². The minimum Gasteiger partial charge on any atom is -0.507 e. The third kappa shape index (κ3) is 3.49. The molecule has 0 saturated carbocycles. The van der Waals surface area contributed by atoms with E-state index in [0.717, 1.165) is 5.56 Å². The normalized spacial score (nSPS) is 17.6. The largest absolute Gasteiger partial charge is 0.507 e. The number of ketones is 1. The zero-order valence-electron chi connectivity index (χ0n) is 18.1. The van der Waals surface area contributed by atoms with E-state index >= 15 is 0 Å². The highest BCUT2D eigenvalue weighted by Crippen LogP contribution is 2.45. The number of anilines is 1. The van der Waals surface area contributed by atoms with Gasteiger partial charge in [0.1, 0.15) is 29.1 Å². The highest BCUT2D eigenvalue weighted by atomic mass is 16.5. The third-order valence-electron chi connectivity index (χ3n) is 5.36. The number of aryl methyl sites for hydroxylation is 2. The monoisotopic (exact) mass is 434 g/mol. The van der Waals surface area contributed by atoms with Crippen LogP contribution in [0.2, 0.25) is 0 Å². The van der Waals surface area contributed by atoms with Gasteiger partial charge in [0.05, 0.1) is 19.8 Å². The van der Waals surface area contributed by atoms with Gasteiger partial charge in [0.2, 0.25) is 0 Å². The molecule has 32 heavy (non-hydrogen) atoms. The van der Waals surface area contributed by atoms with Crippen LogP contribution < -0.4 is 14.4 Å². The van der Waals surface area contributed by atoms with Crippen LogP contribution in [0.4, 0.5) is 5.82 Å². The minimum atomic E-state index is -1.01. The van der Waals surface area contributed by atoms with Gasteiger partial charge in [-0.2, -0.15) is 0 Å². The van der Waals surface area contributed by atoms with Crippen molar-refractivity contribution < 1.29 is 28.7 Å². The average Bonchev–Trinajstić information content (AvgIpc) is 3.33. The molecule has 8 heteroatoms. The number of carbonyl (C=O) groups is 2. The van der Waals surface area contributed by atoms with E-state index in [4.69, 9.17) is 14.0 Å². The molecule has 1 aliphatic heterocycles. The predicted octanol–water partition coefficient (Wildman–Crippen LogP) is 3.93. The molecule has 1 saturated heterocycles. The number of amides is 1. The van der Waals surface area contributed by atoms with Gasteiger partial charge in [-0.15, -0.1) is 0 Å². The molecule has 0 spiro atoms. The summed E-state index contributed by atoms with van der Waals surface area (Å²) in [5.74, 6) is -0.420. The Hall–Kier alpha value is -4.07. The fourth-order valence-corrected chi connectivity index (χ4v) is 3.75. The molecule has 1 aliphatic rings. The minimum absolute atomic E-state index is 0.0777. The SMILES string of the molecule is COc1ccc(OC)c([C@H]2/C(=C(\O)c3ccc(C)cc3)C(=O)C(=O)N2c2cc(C)on2)c1. The maximum atomic E-state index is 13.2. The Balaban J connectivity index is 2.00.